The van der Waals surface area contributed by atoms with Crippen LogP contribution in [0, 0.1) is 11.7 Å². The molecule has 0 aromatic heterocycles. The van der Waals surface area contributed by atoms with E-state index in [0.29, 0.717) is 0 Å². The fourth-order valence-corrected chi connectivity index (χ4v) is 1.53. The van der Waals surface area contributed by atoms with E-state index in [2.05, 4.69) is 10.1 Å². The van der Waals surface area contributed by atoms with Gasteiger partial charge in [0.2, 0.25) is 0 Å². The Hall–Kier alpha value is -2.11. The van der Waals surface area contributed by atoms with Crippen molar-refractivity contribution in [1.82, 2.24) is 5.32 Å². The van der Waals surface area contributed by atoms with Gasteiger partial charge in [-0.2, -0.15) is 0 Å². The Morgan fingerprint density at radius 1 is 1.37 bits per heavy atom. The molecule has 5 nitrogen and oxygen atoms in total. The Labute approximate surface area is 110 Å². The van der Waals surface area contributed by atoms with E-state index < -0.39 is 23.7 Å². The molecular weight excluding hydrogens is 253 g/mol. The molecule has 0 aliphatic carbocycles. The van der Waals surface area contributed by atoms with Gasteiger partial charge < -0.3 is 15.2 Å². The van der Waals surface area contributed by atoms with E-state index in [-0.39, 0.29) is 17.2 Å². The van der Waals surface area contributed by atoms with Gasteiger partial charge in [-0.15, -0.1) is 0 Å². The maximum atomic E-state index is 13.5. The zero-order valence-corrected chi connectivity index (χ0v) is 10.9. The highest BCUT2D eigenvalue weighted by molar-refractivity contribution is 5.97. The second-order valence-electron chi connectivity index (χ2n) is 4.38. The van der Waals surface area contributed by atoms with Crippen LogP contribution in [0.25, 0.3) is 0 Å². The zero-order chi connectivity index (χ0) is 14.6. The number of methoxy groups -OCH3 is 1. The second-order valence-corrected chi connectivity index (χ2v) is 4.38. The number of hydrogen-bond acceptors (Lipinski definition) is 4. The smallest absolute Gasteiger partial charge is 0.328 e. The van der Waals surface area contributed by atoms with Crippen molar-refractivity contribution in [3.8, 4) is 5.75 Å². The van der Waals surface area contributed by atoms with Gasteiger partial charge in [0.05, 0.1) is 12.7 Å². The molecule has 1 atom stereocenters. The van der Waals surface area contributed by atoms with Crippen LogP contribution in [0.1, 0.15) is 24.2 Å². The minimum atomic E-state index is -0.857. The topological polar surface area (TPSA) is 75.6 Å². The van der Waals surface area contributed by atoms with Crippen molar-refractivity contribution in [3.05, 3.63) is 29.6 Å². The number of phenolic OH excluding ortho intramolecular Hbond substituents is 1. The quantitative estimate of drug-likeness (QED) is 0.811. The molecule has 0 spiro atoms. The SMILES string of the molecule is COC(=O)C(NC(=O)c1ccc(O)cc1F)C(C)C. The van der Waals surface area contributed by atoms with Gasteiger partial charge in [-0.1, -0.05) is 13.8 Å². The maximum absolute atomic E-state index is 13.5. The number of esters is 1. The molecule has 1 amide bonds. The molecule has 0 bridgehead atoms. The average molecular weight is 269 g/mol. The lowest BCUT2D eigenvalue weighted by atomic mass is 10.0. The summed E-state index contributed by atoms with van der Waals surface area (Å²) in [7, 11) is 1.21. The first-order valence-electron chi connectivity index (χ1n) is 5.74. The number of carbonyl (C=O) groups excluding carboxylic acids is 2. The van der Waals surface area contributed by atoms with Crippen LogP contribution in [0.5, 0.6) is 5.75 Å². The van der Waals surface area contributed by atoms with E-state index >= 15 is 0 Å². The number of carbonyl (C=O) groups is 2. The van der Waals surface area contributed by atoms with Gasteiger partial charge in [0, 0.05) is 6.07 Å². The van der Waals surface area contributed by atoms with Crippen molar-refractivity contribution in [2.75, 3.05) is 7.11 Å². The number of ether oxygens (including phenoxy) is 1. The van der Waals surface area contributed by atoms with Crippen molar-refractivity contribution in [3.63, 3.8) is 0 Å². The Bertz CT molecular complexity index is 488. The van der Waals surface area contributed by atoms with Crippen LogP contribution in [0.15, 0.2) is 18.2 Å². The predicted molar refractivity (Wildman–Crippen MR) is 66.2 cm³/mol. The highest BCUT2D eigenvalue weighted by Gasteiger charge is 2.26. The Balaban J connectivity index is 2.91. The predicted octanol–water partition coefficient (Wildman–Crippen LogP) is 1.46. The van der Waals surface area contributed by atoms with Crippen LogP contribution in [0.4, 0.5) is 4.39 Å². The lowest BCUT2D eigenvalue weighted by molar-refractivity contribution is -0.144. The summed E-state index contributed by atoms with van der Waals surface area (Å²) >= 11 is 0. The molecule has 0 aliphatic rings. The molecule has 0 aliphatic heterocycles. The fraction of sp³-hybridized carbons (Fsp3) is 0.385. The second kappa shape index (κ2) is 6.17. The van der Waals surface area contributed by atoms with Crippen LogP contribution in [-0.2, 0) is 9.53 Å². The molecule has 1 aromatic carbocycles. The monoisotopic (exact) mass is 269 g/mol. The summed E-state index contributed by atoms with van der Waals surface area (Å²) in [6.07, 6.45) is 0. The van der Waals surface area contributed by atoms with Gasteiger partial charge in [-0.3, -0.25) is 4.79 Å². The molecule has 19 heavy (non-hydrogen) atoms. The minimum absolute atomic E-state index is 0.198. The van der Waals surface area contributed by atoms with E-state index in [9.17, 15) is 14.0 Å². The number of aromatic hydroxyl groups is 1. The molecule has 0 saturated carbocycles. The molecule has 1 unspecified atom stereocenters. The normalized spacial score (nSPS) is 12.1. The first kappa shape index (κ1) is 14.9. The Kier molecular flexibility index (Phi) is 4.86. The number of phenols is 1. The average Bonchev–Trinajstić information content (AvgIpc) is 2.34. The lowest BCUT2D eigenvalue weighted by Crippen LogP contribution is -2.45. The van der Waals surface area contributed by atoms with E-state index in [1.54, 1.807) is 13.8 Å². The largest absolute Gasteiger partial charge is 0.508 e. The molecule has 1 aromatic rings. The number of benzene rings is 1. The van der Waals surface area contributed by atoms with Gasteiger partial charge >= 0.3 is 5.97 Å². The fourth-order valence-electron chi connectivity index (χ4n) is 1.53. The third-order valence-corrected chi connectivity index (χ3v) is 2.61. The van der Waals surface area contributed by atoms with Crippen molar-refractivity contribution in [2.45, 2.75) is 19.9 Å². The van der Waals surface area contributed by atoms with Crippen molar-refractivity contribution in [2.24, 2.45) is 5.92 Å². The molecule has 0 saturated heterocycles. The highest BCUT2D eigenvalue weighted by atomic mass is 19.1. The van der Waals surface area contributed by atoms with Crippen LogP contribution < -0.4 is 5.32 Å². The molecule has 0 radical (unpaired) electrons. The molecule has 1 rings (SSSR count). The third-order valence-electron chi connectivity index (χ3n) is 2.61. The maximum Gasteiger partial charge on any atom is 0.328 e. The van der Waals surface area contributed by atoms with Gasteiger partial charge in [-0.05, 0) is 18.1 Å². The molecule has 2 N–H and O–H groups in total. The lowest BCUT2D eigenvalue weighted by Gasteiger charge is -2.19. The zero-order valence-electron chi connectivity index (χ0n) is 10.9. The van der Waals surface area contributed by atoms with E-state index in [1.165, 1.54) is 13.2 Å². The summed E-state index contributed by atoms with van der Waals surface area (Å²) in [5.74, 6) is -2.66. The van der Waals surface area contributed by atoms with E-state index in [4.69, 9.17) is 5.11 Å². The minimum Gasteiger partial charge on any atom is -0.508 e. The van der Waals surface area contributed by atoms with Gasteiger partial charge in [0.1, 0.15) is 17.6 Å². The standard InChI is InChI=1S/C13H16FNO4/c1-7(2)11(13(18)19-3)15-12(17)9-5-4-8(16)6-10(9)14/h4-7,11,16H,1-3H3,(H,15,17). The summed E-state index contributed by atoms with van der Waals surface area (Å²) in [6.45, 7) is 3.46. The highest BCUT2D eigenvalue weighted by Crippen LogP contribution is 2.15. The molecule has 0 fully saturated rings. The molecule has 6 heteroatoms. The number of nitrogens with one attached hydrogen (secondary N) is 1. The van der Waals surface area contributed by atoms with Crippen LogP contribution in [0.2, 0.25) is 0 Å². The van der Waals surface area contributed by atoms with E-state index in [1.807, 2.05) is 0 Å². The Morgan fingerprint density at radius 3 is 2.47 bits per heavy atom. The molecule has 0 heterocycles. The first-order valence-corrected chi connectivity index (χ1v) is 5.74. The van der Waals surface area contributed by atoms with Crippen molar-refractivity contribution in [1.29, 1.82) is 0 Å². The third kappa shape index (κ3) is 3.67. The first-order chi connectivity index (χ1) is 8.86. The number of halogens is 1. The number of rotatable bonds is 4. The molecular formula is C13H16FNO4. The van der Waals surface area contributed by atoms with Gasteiger partial charge in [0.15, 0.2) is 0 Å². The number of hydrogen-bond donors (Lipinski definition) is 2. The van der Waals surface area contributed by atoms with Gasteiger partial charge in [0.25, 0.3) is 5.91 Å². The van der Waals surface area contributed by atoms with Crippen LogP contribution >= 0.6 is 0 Å². The summed E-state index contributed by atoms with van der Waals surface area (Å²) in [5.41, 5.74) is -0.243. The summed E-state index contributed by atoms with van der Waals surface area (Å²) in [6, 6.07) is 2.32. The van der Waals surface area contributed by atoms with Crippen molar-refractivity contribution < 1.29 is 23.8 Å². The molecule has 104 valence electrons. The number of amides is 1. The Morgan fingerprint density at radius 2 is 2.00 bits per heavy atom. The van der Waals surface area contributed by atoms with Crippen LogP contribution in [0.3, 0.4) is 0 Å². The van der Waals surface area contributed by atoms with Crippen molar-refractivity contribution >= 4 is 11.9 Å². The summed E-state index contributed by atoms with van der Waals surface area (Å²) in [5, 5.41) is 11.5. The van der Waals surface area contributed by atoms with Crippen LogP contribution in [-0.4, -0.2) is 30.1 Å². The summed E-state index contributed by atoms with van der Waals surface area (Å²) < 4.78 is 18.1. The van der Waals surface area contributed by atoms with E-state index in [0.717, 1.165) is 12.1 Å². The summed E-state index contributed by atoms with van der Waals surface area (Å²) in [4.78, 5) is 23.4. The van der Waals surface area contributed by atoms with Gasteiger partial charge in [-0.25, -0.2) is 9.18 Å².